The summed E-state index contributed by atoms with van der Waals surface area (Å²) in [6.45, 7) is 7.96. The number of rotatable bonds is 6. The van der Waals surface area contributed by atoms with Crippen LogP contribution in [0.5, 0.6) is 0 Å². The van der Waals surface area contributed by atoms with Gasteiger partial charge in [-0.3, -0.25) is 0 Å². The van der Waals surface area contributed by atoms with Gasteiger partial charge in [0.25, 0.3) is 0 Å². The molecule has 86 valence electrons. The van der Waals surface area contributed by atoms with Crippen molar-refractivity contribution in [2.24, 2.45) is 7.05 Å². The van der Waals surface area contributed by atoms with Crippen molar-refractivity contribution < 1.29 is 4.57 Å². The molecule has 1 aromatic rings. The summed E-state index contributed by atoms with van der Waals surface area (Å²) < 4.78 is 4.56. The van der Waals surface area contributed by atoms with Crippen molar-refractivity contribution >= 4 is 0 Å². The molecule has 1 heterocycles. The Hall–Kier alpha value is -0.790. The lowest BCUT2D eigenvalue weighted by molar-refractivity contribution is -0.671. The SMILES string of the molecule is CCCCCCn1c[n+](C)cc1C(C)C. The maximum Gasteiger partial charge on any atom is 0.243 e. The van der Waals surface area contributed by atoms with Crippen molar-refractivity contribution in [3.63, 3.8) is 0 Å². The van der Waals surface area contributed by atoms with E-state index in [1.807, 2.05) is 0 Å². The van der Waals surface area contributed by atoms with Gasteiger partial charge in [-0.05, 0) is 12.8 Å². The molecule has 0 aliphatic carbocycles. The van der Waals surface area contributed by atoms with Crippen LogP contribution in [0.4, 0.5) is 0 Å². The number of aromatic nitrogens is 2. The molecule has 2 heteroatoms. The number of nitrogens with zero attached hydrogens (tertiary/aromatic N) is 2. The monoisotopic (exact) mass is 209 g/mol. The van der Waals surface area contributed by atoms with Crippen molar-refractivity contribution in [3.8, 4) is 0 Å². The molecule has 0 spiro atoms. The van der Waals surface area contributed by atoms with E-state index in [-0.39, 0.29) is 0 Å². The molecular formula is C13H25N2+. The molecule has 0 aliphatic rings. The van der Waals surface area contributed by atoms with Gasteiger partial charge in [-0.1, -0.05) is 33.6 Å². The van der Waals surface area contributed by atoms with Gasteiger partial charge in [0.2, 0.25) is 6.33 Å². The molecule has 0 atom stereocenters. The standard InChI is InChI=1S/C13H25N2/c1-5-6-7-8-9-15-11-14(4)10-13(15)12(2)3/h10-12H,5-9H2,1-4H3/q+1. The van der Waals surface area contributed by atoms with Gasteiger partial charge in [0.15, 0.2) is 0 Å². The molecule has 1 aromatic heterocycles. The van der Waals surface area contributed by atoms with Crippen LogP contribution in [0.15, 0.2) is 12.5 Å². The van der Waals surface area contributed by atoms with Crippen molar-refractivity contribution in [2.45, 2.75) is 58.9 Å². The van der Waals surface area contributed by atoms with E-state index >= 15 is 0 Å². The highest BCUT2D eigenvalue weighted by Crippen LogP contribution is 2.13. The summed E-state index contributed by atoms with van der Waals surface area (Å²) in [7, 11) is 2.11. The van der Waals surface area contributed by atoms with E-state index < -0.39 is 0 Å². The van der Waals surface area contributed by atoms with Crippen molar-refractivity contribution in [1.29, 1.82) is 0 Å². The van der Waals surface area contributed by atoms with Gasteiger partial charge in [-0.25, -0.2) is 9.13 Å². The quantitative estimate of drug-likeness (QED) is 0.503. The molecule has 2 nitrogen and oxygen atoms in total. The largest absolute Gasteiger partial charge is 0.243 e. The Morgan fingerprint density at radius 1 is 1.27 bits per heavy atom. The Morgan fingerprint density at radius 2 is 2.00 bits per heavy atom. The van der Waals surface area contributed by atoms with Gasteiger partial charge < -0.3 is 0 Å². The van der Waals surface area contributed by atoms with Gasteiger partial charge in [-0.2, -0.15) is 0 Å². The van der Waals surface area contributed by atoms with Crippen LogP contribution in [-0.2, 0) is 13.6 Å². The van der Waals surface area contributed by atoms with Crippen molar-refractivity contribution in [3.05, 3.63) is 18.2 Å². The van der Waals surface area contributed by atoms with Gasteiger partial charge in [0.1, 0.15) is 11.9 Å². The molecule has 0 aromatic carbocycles. The third kappa shape index (κ3) is 3.69. The van der Waals surface area contributed by atoms with Crippen LogP contribution in [-0.4, -0.2) is 4.57 Å². The third-order valence-electron chi connectivity index (χ3n) is 2.83. The Morgan fingerprint density at radius 3 is 2.60 bits per heavy atom. The molecular weight excluding hydrogens is 184 g/mol. The molecule has 1 rings (SSSR count). The molecule has 15 heavy (non-hydrogen) atoms. The van der Waals surface area contributed by atoms with E-state index in [0.717, 1.165) is 0 Å². The summed E-state index contributed by atoms with van der Waals surface area (Å²) in [6, 6.07) is 0. The first-order valence-corrected chi connectivity index (χ1v) is 6.20. The van der Waals surface area contributed by atoms with Crippen LogP contribution >= 0.6 is 0 Å². The fraction of sp³-hybridized carbons (Fsp3) is 0.769. The summed E-state index contributed by atoms with van der Waals surface area (Å²) >= 11 is 0. The molecule has 0 saturated heterocycles. The molecule has 0 aliphatic heterocycles. The number of imidazole rings is 1. The Labute approximate surface area is 93.9 Å². The molecule has 0 unspecified atom stereocenters. The van der Waals surface area contributed by atoms with Crippen molar-refractivity contribution in [1.82, 2.24) is 4.57 Å². The smallest absolute Gasteiger partial charge is 0.239 e. The minimum atomic E-state index is 0.623. The Balaban J connectivity index is 2.52. The molecule has 0 amide bonds. The summed E-state index contributed by atoms with van der Waals surface area (Å²) in [5.74, 6) is 0.623. The first-order valence-electron chi connectivity index (χ1n) is 6.20. The van der Waals surface area contributed by atoms with Crippen LogP contribution in [0.2, 0.25) is 0 Å². The molecule has 0 saturated carbocycles. The number of hydrogen-bond acceptors (Lipinski definition) is 0. The average molecular weight is 209 g/mol. The molecule has 0 radical (unpaired) electrons. The van der Waals surface area contributed by atoms with Gasteiger partial charge >= 0.3 is 0 Å². The molecule has 0 fully saturated rings. The zero-order chi connectivity index (χ0) is 11.3. The first-order chi connectivity index (χ1) is 7.15. The van der Waals surface area contributed by atoms with Crippen LogP contribution in [0.3, 0.4) is 0 Å². The van der Waals surface area contributed by atoms with Crippen LogP contribution in [0, 0.1) is 0 Å². The zero-order valence-corrected chi connectivity index (χ0v) is 10.7. The fourth-order valence-electron chi connectivity index (χ4n) is 1.98. The summed E-state index contributed by atoms with van der Waals surface area (Å²) in [4.78, 5) is 0. The molecule has 0 bridgehead atoms. The van der Waals surface area contributed by atoms with Crippen LogP contribution in [0.25, 0.3) is 0 Å². The topological polar surface area (TPSA) is 8.81 Å². The zero-order valence-electron chi connectivity index (χ0n) is 10.7. The maximum atomic E-state index is 2.40. The van der Waals surface area contributed by atoms with Crippen molar-refractivity contribution in [2.75, 3.05) is 0 Å². The molecule has 0 N–H and O–H groups in total. The van der Waals surface area contributed by atoms with Crippen LogP contribution in [0.1, 0.15) is 58.1 Å². The third-order valence-corrected chi connectivity index (χ3v) is 2.83. The average Bonchev–Trinajstić information content (AvgIpc) is 2.55. The van der Waals surface area contributed by atoms with E-state index in [0.29, 0.717) is 5.92 Å². The normalized spacial score (nSPS) is 11.3. The highest BCUT2D eigenvalue weighted by Gasteiger charge is 2.14. The highest BCUT2D eigenvalue weighted by molar-refractivity contribution is 4.99. The van der Waals surface area contributed by atoms with E-state index in [9.17, 15) is 0 Å². The number of unbranched alkanes of at least 4 members (excludes halogenated alkanes) is 3. The summed E-state index contributed by atoms with van der Waals surface area (Å²) in [5, 5.41) is 0. The minimum absolute atomic E-state index is 0.623. The second-order valence-electron chi connectivity index (χ2n) is 4.74. The highest BCUT2D eigenvalue weighted by atomic mass is 15.1. The Kier molecular flexibility index (Phi) is 4.86. The fourth-order valence-corrected chi connectivity index (χ4v) is 1.98. The lowest BCUT2D eigenvalue weighted by atomic mass is 10.1. The van der Waals surface area contributed by atoms with Gasteiger partial charge in [0, 0.05) is 5.92 Å². The first kappa shape index (κ1) is 12.3. The van der Waals surface area contributed by atoms with Gasteiger partial charge in [0.05, 0.1) is 13.6 Å². The Bertz CT molecular complexity index is 287. The number of aryl methyl sites for hydroxylation is 2. The van der Waals surface area contributed by atoms with E-state index in [1.54, 1.807) is 0 Å². The second-order valence-corrected chi connectivity index (χ2v) is 4.74. The minimum Gasteiger partial charge on any atom is -0.239 e. The summed E-state index contributed by atoms with van der Waals surface area (Å²) in [5.41, 5.74) is 1.45. The van der Waals surface area contributed by atoms with E-state index in [2.05, 4.69) is 49.5 Å². The lowest BCUT2D eigenvalue weighted by Crippen LogP contribution is -2.23. The van der Waals surface area contributed by atoms with Gasteiger partial charge in [-0.15, -0.1) is 0 Å². The predicted molar refractivity (Wildman–Crippen MR) is 63.8 cm³/mol. The maximum absolute atomic E-state index is 2.40. The van der Waals surface area contributed by atoms with Crippen LogP contribution < -0.4 is 4.57 Å². The lowest BCUT2D eigenvalue weighted by Gasteiger charge is -2.03. The summed E-state index contributed by atoms with van der Waals surface area (Å²) in [6.07, 6.45) is 9.80. The second kappa shape index (κ2) is 5.94. The predicted octanol–water partition coefficient (Wildman–Crippen LogP) is 3.02. The van der Waals surface area contributed by atoms with E-state index in [1.165, 1.54) is 37.9 Å². The number of hydrogen-bond donors (Lipinski definition) is 0. The van der Waals surface area contributed by atoms with E-state index in [4.69, 9.17) is 0 Å².